The largest absolute Gasteiger partial charge is 0.339 e. The molecule has 0 saturated heterocycles. The molecule has 0 radical (unpaired) electrons. The first-order valence-corrected chi connectivity index (χ1v) is 6.22. The molecule has 0 aliphatic carbocycles. The molecule has 0 amide bonds. The summed E-state index contributed by atoms with van der Waals surface area (Å²) in [6.45, 7) is 3.19. The lowest BCUT2D eigenvalue weighted by molar-refractivity contribution is 0.374. The molecule has 2 aromatic heterocycles. The minimum atomic E-state index is 0.493. The maximum atomic E-state index is 5.45. The van der Waals surface area contributed by atoms with Gasteiger partial charge in [-0.3, -0.25) is 0 Å². The van der Waals surface area contributed by atoms with E-state index in [1.54, 1.807) is 4.68 Å². The van der Waals surface area contributed by atoms with E-state index in [2.05, 4.69) is 20.5 Å². The predicted molar refractivity (Wildman–Crippen MR) is 64.8 cm³/mol. The van der Waals surface area contributed by atoms with Crippen molar-refractivity contribution in [3.63, 3.8) is 0 Å². The van der Waals surface area contributed by atoms with Crippen LogP contribution in [0.4, 0.5) is 0 Å². The zero-order valence-electron chi connectivity index (χ0n) is 10.5. The van der Waals surface area contributed by atoms with Crippen molar-refractivity contribution in [3.05, 3.63) is 23.6 Å². The Balaban J connectivity index is 1.89. The summed E-state index contributed by atoms with van der Waals surface area (Å²) in [7, 11) is 0. The zero-order valence-corrected chi connectivity index (χ0v) is 10.5. The van der Waals surface area contributed by atoms with Crippen LogP contribution in [0.15, 0.2) is 10.7 Å². The third kappa shape index (κ3) is 3.36. The van der Waals surface area contributed by atoms with Crippen molar-refractivity contribution in [2.75, 3.05) is 6.54 Å². The molecule has 0 saturated carbocycles. The molecule has 2 N–H and O–H groups in total. The Morgan fingerprint density at radius 3 is 3.00 bits per heavy atom. The molecule has 0 unspecified atom stereocenters. The van der Waals surface area contributed by atoms with Crippen LogP contribution in [0.3, 0.4) is 0 Å². The number of nitrogens with two attached hydrogens (primary N) is 1. The second kappa shape index (κ2) is 6.25. The first-order valence-electron chi connectivity index (χ1n) is 6.22. The van der Waals surface area contributed by atoms with Gasteiger partial charge in [0.05, 0.1) is 5.69 Å². The Labute approximate surface area is 105 Å². The fourth-order valence-corrected chi connectivity index (χ4v) is 1.62. The topological polar surface area (TPSA) is 95.7 Å². The Kier molecular flexibility index (Phi) is 4.40. The van der Waals surface area contributed by atoms with Crippen LogP contribution in [0.1, 0.15) is 37.2 Å². The van der Waals surface area contributed by atoms with Crippen molar-refractivity contribution >= 4 is 0 Å². The summed E-state index contributed by atoms with van der Waals surface area (Å²) in [6, 6.07) is 0. The van der Waals surface area contributed by atoms with Gasteiger partial charge in [-0.15, -0.1) is 5.10 Å². The Morgan fingerprint density at radius 2 is 2.28 bits per heavy atom. The molecule has 0 aromatic carbocycles. The van der Waals surface area contributed by atoms with Crippen LogP contribution in [-0.2, 0) is 19.4 Å². The van der Waals surface area contributed by atoms with E-state index >= 15 is 0 Å². The van der Waals surface area contributed by atoms with Gasteiger partial charge in [0.25, 0.3) is 0 Å². The minimum Gasteiger partial charge on any atom is -0.339 e. The number of unbranched alkanes of at least 4 members (excludes halogenated alkanes) is 1. The van der Waals surface area contributed by atoms with Gasteiger partial charge in [0.15, 0.2) is 5.82 Å². The smallest absolute Gasteiger partial charge is 0.226 e. The maximum absolute atomic E-state index is 5.45. The molecule has 0 atom stereocenters. The van der Waals surface area contributed by atoms with Crippen LogP contribution in [-0.4, -0.2) is 31.7 Å². The van der Waals surface area contributed by atoms with Gasteiger partial charge in [0, 0.05) is 12.6 Å². The molecule has 0 fully saturated rings. The van der Waals surface area contributed by atoms with Gasteiger partial charge in [-0.05, 0) is 25.8 Å². The van der Waals surface area contributed by atoms with Gasteiger partial charge in [-0.25, -0.2) is 4.68 Å². The van der Waals surface area contributed by atoms with Gasteiger partial charge >= 0.3 is 0 Å². The van der Waals surface area contributed by atoms with E-state index in [1.807, 2.05) is 13.1 Å². The van der Waals surface area contributed by atoms with Crippen molar-refractivity contribution in [2.45, 2.75) is 39.2 Å². The van der Waals surface area contributed by atoms with Gasteiger partial charge < -0.3 is 10.3 Å². The van der Waals surface area contributed by atoms with E-state index in [0.717, 1.165) is 37.9 Å². The van der Waals surface area contributed by atoms with Crippen molar-refractivity contribution < 1.29 is 4.52 Å². The molecule has 0 aliphatic heterocycles. The summed E-state index contributed by atoms with van der Waals surface area (Å²) in [5, 5.41) is 12.0. The van der Waals surface area contributed by atoms with Gasteiger partial charge in [-0.2, -0.15) is 4.98 Å². The summed E-state index contributed by atoms with van der Waals surface area (Å²) in [6.07, 6.45) is 5.62. The molecular formula is C11H18N6O. The summed E-state index contributed by atoms with van der Waals surface area (Å²) >= 11 is 0. The first-order chi connectivity index (χ1) is 8.81. The summed E-state index contributed by atoms with van der Waals surface area (Å²) in [5.74, 6) is 1.28. The van der Waals surface area contributed by atoms with Crippen LogP contribution in [0, 0.1) is 0 Å². The molecule has 18 heavy (non-hydrogen) atoms. The Bertz CT molecular complexity index is 477. The normalized spacial score (nSPS) is 11.0. The third-order valence-electron chi connectivity index (χ3n) is 2.59. The highest BCUT2D eigenvalue weighted by Crippen LogP contribution is 2.03. The standard InChI is InChI=1S/C11H18N6O/c1-2-11-13-10(15-18-11)8-17-7-9(14-16-17)5-3-4-6-12/h7H,2-6,8,12H2,1H3. The molecule has 98 valence electrons. The van der Waals surface area contributed by atoms with E-state index in [9.17, 15) is 0 Å². The van der Waals surface area contributed by atoms with E-state index in [0.29, 0.717) is 18.3 Å². The highest BCUT2D eigenvalue weighted by molar-refractivity contribution is 4.94. The molecule has 2 rings (SSSR count). The fraction of sp³-hybridized carbons (Fsp3) is 0.636. The van der Waals surface area contributed by atoms with Crippen LogP contribution in [0.2, 0.25) is 0 Å². The lowest BCUT2D eigenvalue weighted by Crippen LogP contribution is -2.02. The molecule has 7 nitrogen and oxygen atoms in total. The molecule has 7 heteroatoms. The van der Waals surface area contributed by atoms with Gasteiger partial charge in [0.1, 0.15) is 6.54 Å². The zero-order chi connectivity index (χ0) is 12.8. The number of hydrogen-bond acceptors (Lipinski definition) is 6. The van der Waals surface area contributed by atoms with Gasteiger partial charge in [-0.1, -0.05) is 17.3 Å². The molecule has 0 bridgehead atoms. The number of rotatable bonds is 7. The average Bonchev–Trinajstić information content (AvgIpc) is 3.00. The Hall–Kier alpha value is -1.76. The van der Waals surface area contributed by atoms with Crippen LogP contribution in [0.5, 0.6) is 0 Å². The summed E-state index contributed by atoms with van der Waals surface area (Å²) in [5.41, 5.74) is 6.42. The average molecular weight is 250 g/mol. The molecule has 2 aromatic rings. The van der Waals surface area contributed by atoms with Crippen molar-refractivity contribution in [2.24, 2.45) is 5.73 Å². The van der Waals surface area contributed by atoms with Crippen LogP contribution >= 0.6 is 0 Å². The first kappa shape index (κ1) is 12.7. The highest BCUT2D eigenvalue weighted by Gasteiger charge is 2.07. The molecular weight excluding hydrogens is 232 g/mol. The summed E-state index contributed by atoms with van der Waals surface area (Å²) in [4.78, 5) is 4.23. The van der Waals surface area contributed by atoms with E-state index in [1.165, 1.54) is 0 Å². The lowest BCUT2D eigenvalue weighted by Gasteiger charge is -1.94. The number of aromatic nitrogens is 5. The fourth-order valence-electron chi connectivity index (χ4n) is 1.62. The van der Waals surface area contributed by atoms with Gasteiger partial charge in [0.2, 0.25) is 5.89 Å². The van der Waals surface area contributed by atoms with Crippen LogP contribution < -0.4 is 5.73 Å². The van der Waals surface area contributed by atoms with Crippen LogP contribution in [0.25, 0.3) is 0 Å². The van der Waals surface area contributed by atoms with Crippen molar-refractivity contribution in [3.8, 4) is 0 Å². The van der Waals surface area contributed by atoms with E-state index in [4.69, 9.17) is 10.3 Å². The van der Waals surface area contributed by atoms with Crippen molar-refractivity contribution in [1.29, 1.82) is 0 Å². The minimum absolute atomic E-state index is 0.493. The second-order valence-corrected chi connectivity index (χ2v) is 4.11. The quantitative estimate of drug-likeness (QED) is 0.721. The number of hydrogen-bond donors (Lipinski definition) is 1. The summed E-state index contributed by atoms with van der Waals surface area (Å²) < 4.78 is 6.76. The molecule has 0 aliphatic rings. The van der Waals surface area contributed by atoms with E-state index in [-0.39, 0.29) is 0 Å². The lowest BCUT2D eigenvalue weighted by atomic mass is 10.2. The molecule has 0 spiro atoms. The van der Waals surface area contributed by atoms with E-state index < -0.39 is 0 Å². The maximum Gasteiger partial charge on any atom is 0.226 e. The highest BCUT2D eigenvalue weighted by atomic mass is 16.5. The molecule has 2 heterocycles. The number of nitrogens with zero attached hydrogens (tertiary/aromatic N) is 5. The number of aryl methyl sites for hydroxylation is 2. The second-order valence-electron chi connectivity index (χ2n) is 4.11. The monoisotopic (exact) mass is 250 g/mol. The third-order valence-corrected chi connectivity index (χ3v) is 2.59. The van der Waals surface area contributed by atoms with Crippen molar-refractivity contribution in [1.82, 2.24) is 25.1 Å². The Morgan fingerprint density at radius 1 is 1.39 bits per heavy atom. The predicted octanol–water partition coefficient (Wildman–Crippen LogP) is 0.553. The SMILES string of the molecule is CCc1nc(Cn2cc(CCCCN)nn2)no1.